The summed E-state index contributed by atoms with van der Waals surface area (Å²) in [5.74, 6) is 0.0897. The van der Waals surface area contributed by atoms with Crippen LogP contribution in [0.4, 0.5) is 0 Å². The quantitative estimate of drug-likeness (QED) is 0.144. The molecular weight excluding hydrogens is 358 g/mol. The van der Waals surface area contributed by atoms with Gasteiger partial charge in [0.05, 0.1) is 12.6 Å². The Hall–Kier alpha value is -0.830. The van der Waals surface area contributed by atoms with Crippen LogP contribution in [0.1, 0.15) is 136 Å². The molecule has 1 amide bonds. The Kier molecular flexibility index (Phi) is 22.8. The van der Waals surface area contributed by atoms with E-state index in [0.717, 1.165) is 19.3 Å². The molecule has 2 N–H and O–H groups in total. The van der Waals surface area contributed by atoms with Crippen LogP contribution in [0.3, 0.4) is 0 Å². The summed E-state index contributed by atoms with van der Waals surface area (Å²) in [5, 5.41) is 12.0. The molecule has 0 aliphatic carbocycles. The van der Waals surface area contributed by atoms with E-state index in [1.807, 2.05) is 6.92 Å². The van der Waals surface area contributed by atoms with E-state index in [9.17, 15) is 4.79 Å². The Morgan fingerprint density at radius 3 is 1.62 bits per heavy atom. The molecule has 0 rings (SSSR count). The van der Waals surface area contributed by atoms with Gasteiger partial charge in [-0.15, -0.1) is 0 Å². The van der Waals surface area contributed by atoms with E-state index >= 15 is 0 Å². The highest BCUT2D eigenvalue weighted by Crippen LogP contribution is 2.12. The van der Waals surface area contributed by atoms with Crippen molar-refractivity contribution in [3.05, 3.63) is 12.2 Å². The van der Waals surface area contributed by atoms with E-state index in [1.165, 1.54) is 96.3 Å². The maximum atomic E-state index is 11.7. The number of rotatable bonds is 22. The molecule has 3 nitrogen and oxygen atoms in total. The molecule has 0 aliphatic rings. The lowest BCUT2D eigenvalue weighted by molar-refractivity contribution is -0.122. The van der Waals surface area contributed by atoms with Gasteiger partial charge in [-0.3, -0.25) is 4.79 Å². The summed E-state index contributed by atoms with van der Waals surface area (Å²) in [6, 6.07) is -0.0710. The van der Waals surface area contributed by atoms with Crippen molar-refractivity contribution < 1.29 is 9.90 Å². The first-order valence-electron chi connectivity index (χ1n) is 12.8. The Morgan fingerprint density at radius 1 is 0.724 bits per heavy atom. The van der Waals surface area contributed by atoms with Crippen molar-refractivity contribution in [3.63, 3.8) is 0 Å². The Morgan fingerprint density at radius 2 is 1.17 bits per heavy atom. The summed E-state index contributed by atoms with van der Waals surface area (Å²) in [4.78, 5) is 11.7. The molecule has 0 radical (unpaired) electrons. The second-order valence-electron chi connectivity index (χ2n) is 8.60. The van der Waals surface area contributed by atoms with Gasteiger partial charge in [-0.25, -0.2) is 0 Å². The third-order valence-corrected chi connectivity index (χ3v) is 5.74. The van der Waals surface area contributed by atoms with Crippen LogP contribution >= 0.6 is 0 Å². The Balaban J connectivity index is 3.22. The molecule has 0 aromatic heterocycles. The van der Waals surface area contributed by atoms with Crippen LogP contribution < -0.4 is 5.32 Å². The van der Waals surface area contributed by atoms with E-state index < -0.39 is 0 Å². The summed E-state index contributed by atoms with van der Waals surface area (Å²) in [7, 11) is 0. The second kappa shape index (κ2) is 23.4. The molecule has 29 heavy (non-hydrogen) atoms. The van der Waals surface area contributed by atoms with Crippen LogP contribution in [-0.4, -0.2) is 23.7 Å². The van der Waals surface area contributed by atoms with Crippen molar-refractivity contribution in [2.24, 2.45) is 0 Å². The predicted molar refractivity (Wildman–Crippen MR) is 127 cm³/mol. The van der Waals surface area contributed by atoms with Crippen LogP contribution in [-0.2, 0) is 4.79 Å². The monoisotopic (exact) mass is 409 g/mol. The van der Waals surface area contributed by atoms with Gasteiger partial charge in [-0.05, 0) is 38.5 Å². The van der Waals surface area contributed by atoms with Gasteiger partial charge in [0, 0.05) is 6.42 Å². The second-order valence-corrected chi connectivity index (χ2v) is 8.60. The molecule has 3 heteroatoms. The molecule has 0 saturated heterocycles. The first-order valence-corrected chi connectivity index (χ1v) is 12.8. The lowest BCUT2D eigenvalue weighted by atomic mass is 10.1. The number of carbonyl (C=O) groups is 1. The number of carbonyl (C=O) groups excluding carboxylic acids is 1. The third-order valence-electron chi connectivity index (χ3n) is 5.74. The van der Waals surface area contributed by atoms with Crippen LogP contribution in [0, 0.1) is 0 Å². The van der Waals surface area contributed by atoms with Gasteiger partial charge in [0.15, 0.2) is 0 Å². The molecule has 0 heterocycles. The number of allylic oxidation sites excluding steroid dienone is 2. The number of aliphatic hydroxyl groups is 1. The fourth-order valence-corrected chi connectivity index (χ4v) is 3.64. The summed E-state index contributed by atoms with van der Waals surface area (Å²) < 4.78 is 0. The summed E-state index contributed by atoms with van der Waals surface area (Å²) in [6.45, 7) is 4.30. The highest BCUT2D eigenvalue weighted by atomic mass is 16.3. The lowest BCUT2D eigenvalue weighted by Gasteiger charge is -2.13. The van der Waals surface area contributed by atoms with Crippen molar-refractivity contribution in [1.29, 1.82) is 0 Å². The lowest BCUT2D eigenvalue weighted by Crippen LogP contribution is -2.36. The van der Waals surface area contributed by atoms with Gasteiger partial charge in [0.1, 0.15) is 0 Å². The maximum absolute atomic E-state index is 11.7. The van der Waals surface area contributed by atoms with E-state index in [1.54, 1.807) is 0 Å². The average molecular weight is 410 g/mol. The van der Waals surface area contributed by atoms with Gasteiger partial charge in [-0.2, -0.15) is 0 Å². The molecule has 1 atom stereocenters. The molecule has 0 bridgehead atoms. The number of hydrogen-bond acceptors (Lipinski definition) is 2. The minimum Gasteiger partial charge on any atom is -0.394 e. The SMILES string of the molecule is CCCCCCCC/C=C\CCCCCCCCCCCC(=O)NC(CC)CO. The molecular formula is C26H51NO2. The van der Waals surface area contributed by atoms with Crippen molar-refractivity contribution >= 4 is 5.91 Å². The van der Waals surface area contributed by atoms with Gasteiger partial charge in [0.25, 0.3) is 0 Å². The first kappa shape index (κ1) is 28.2. The van der Waals surface area contributed by atoms with Crippen LogP contribution in [0.2, 0.25) is 0 Å². The minimum absolute atomic E-state index is 0.0394. The summed E-state index contributed by atoms with van der Waals surface area (Å²) in [6.07, 6.45) is 28.5. The fraction of sp³-hybridized carbons (Fsp3) is 0.885. The van der Waals surface area contributed by atoms with E-state index in [2.05, 4.69) is 24.4 Å². The number of unbranched alkanes of at least 4 members (excludes halogenated alkanes) is 15. The van der Waals surface area contributed by atoms with E-state index in [0.29, 0.717) is 6.42 Å². The molecule has 0 spiro atoms. The number of hydrogen-bond donors (Lipinski definition) is 2. The zero-order valence-corrected chi connectivity index (χ0v) is 19.7. The summed E-state index contributed by atoms with van der Waals surface area (Å²) in [5.41, 5.74) is 0. The van der Waals surface area contributed by atoms with Gasteiger partial charge in [-0.1, -0.05) is 103 Å². The van der Waals surface area contributed by atoms with Crippen molar-refractivity contribution in [1.82, 2.24) is 5.32 Å². The van der Waals surface area contributed by atoms with E-state index in [-0.39, 0.29) is 18.6 Å². The molecule has 172 valence electrons. The third kappa shape index (κ3) is 21.7. The first-order chi connectivity index (χ1) is 14.2. The molecule has 0 aromatic carbocycles. The van der Waals surface area contributed by atoms with Crippen LogP contribution in [0.5, 0.6) is 0 Å². The van der Waals surface area contributed by atoms with Gasteiger partial charge >= 0.3 is 0 Å². The molecule has 0 aliphatic heterocycles. The predicted octanol–water partition coefficient (Wildman–Crippen LogP) is 7.47. The highest BCUT2D eigenvalue weighted by molar-refractivity contribution is 5.76. The minimum atomic E-state index is -0.0710. The van der Waals surface area contributed by atoms with E-state index in [4.69, 9.17) is 5.11 Å². The zero-order chi connectivity index (χ0) is 21.4. The molecule has 0 saturated carbocycles. The molecule has 1 unspecified atom stereocenters. The van der Waals surface area contributed by atoms with Crippen molar-refractivity contribution in [2.75, 3.05) is 6.61 Å². The Bertz CT molecular complexity index is 364. The van der Waals surface area contributed by atoms with Crippen LogP contribution in [0.25, 0.3) is 0 Å². The summed E-state index contributed by atoms with van der Waals surface area (Å²) >= 11 is 0. The van der Waals surface area contributed by atoms with Crippen molar-refractivity contribution in [3.8, 4) is 0 Å². The normalized spacial score (nSPS) is 12.5. The van der Waals surface area contributed by atoms with Crippen LogP contribution in [0.15, 0.2) is 12.2 Å². The van der Waals surface area contributed by atoms with Crippen molar-refractivity contribution in [2.45, 2.75) is 142 Å². The maximum Gasteiger partial charge on any atom is 0.220 e. The molecule has 0 fully saturated rings. The van der Waals surface area contributed by atoms with Gasteiger partial charge in [0.2, 0.25) is 5.91 Å². The Labute approximate surface area is 182 Å². The topological polar surface area (TPSA) is 49.3 Å². The highest BCUT2D eigenvalue weighted by Gasteiger charge is 2.08. The average Bonchev–Trinajstić information content (AvgIpc) is 2.73. The zero-order valence-electron chi connectivity index (χ0n) is 19.7. The number of amides is 1. The number of nitrogens with one attached hydrogen (secondary N) is 1. The largest absolute Gasteiger partial charge is 0.394 e. The fourth-order valence-electron chi connectivity index (χ4n) is 3.64. The number of aliphatic hydroxyl groups excluding tert-OH is 1. The molecule has 0 aromatic rings. The smallest absolute Gasteiger partial charge is 0.220 e. The van der Waals surface area contributed by atoms with Gasteiger partial charge < -0.3 is 10.4 Å². The standard InChI is InChI=1S/C26H51NO2/c1-3-5-6-7-8-9-10-11-12-13-14-15-16-17-18-19-20-21-22-23-26(29)27-25(4-2)24-28/h11-12,25,28H,3-10,13-24H2,1-2H3,(H,27,29)/b12-11-.